The van der Waals surface area contributed by atoms with Gasteiger partial charge >= 0.3 is 0 Å². The summed E-state index contributed by atoms with van der Waals surface area (Å²) in [5.41, 5.74) is 12.0. The summed E-state index contributed by atoms with van der Waals surface area (Å²) in [5, 5.41) is 0. The number of fused-ring (bicyclic) bond motifs is 2. The highest BCUT2D eigenvalue weighted by Crippen LogP contribution is 2.35. The van der Waals surface area contributed by atoms with Crippen LogP contribution in [0.1, 0.15) is 109 Å². The molecule has 4 aliphatic carbocycles. The smallest absolute Gasteiger partial charge is 0.155 e. The molecular formula is C36H40O4. The van der Waals surface area contributed by atoms with Crippen LogP contribution in [0.2, 0.25) is 0 Å². The molecule has 2 aromatic carbocycles. The summed E-state index contributed by atoms with van der Waals surface area (Å²) >= 11 is 0. The van der Waals surface area contributed by atoms with Crippen LogP contribution in [-0.2, 0) is 57.7 Å². The average molecular weight is 537 g/mol. The molecule has 0 saturated carbocycles. The maximum atomic E-state index is 11.6. The molecule has 0 fully saturated rings. The fourth-order valence-electron chi connectivity index (χ4n) is 6.98. The van der Waals surface area contributed by atoms with Gasteiger partial charge in [-0.15, -0.1) is 0 Å². The SMILES string of the molecule is CCc1c(C2=CCC(=O)CC2)ccc2c1CCC(=O)C2.CCc1c(C2C=CC(=O)CC2)ccc2c1CCC(=O)C2. The van der Waals surface area contributed by atoms with Gasteiger partial charge in [-0.25, -0.2) is 0 Å². The number of ketones is 4. The van der Waals surface area contributed by atoms with E-state index in [2.05, 4.69) is 50.3 Å². The third-order valence-corrected chi connectivity index (χ3v) is 9.09. The normalized spacial score (nSPS) is 20.4. The first-order chi connectivity index (χ1) is 19.4. The topological polar surface area (TPSA) is 68.3 Å². The van der Waals surface area contributed by atoms with Crippen LogP contribution in [0.25, 0.3) is 5.57 Å². The lowest BCUT2D eigenvalue weighted by molar-refractivity contribution is -0.119. The molecule has 4 nitrogen and oxygen atoms in total. The van der Waals surface area contributed by atoms with E-state index in [0.29, 0.717) is 68.2 Å². The highest BCUT2D eigenvalue weighted by atomic mass is 16.1. The van der Waals surface area contributed by atoms with E-state index in [1.54, 1.807) is 6.08 Å². The predicted octanol–water partition coefficient (Wildman–Crippen LogP) is 6.75. The zero-order valence-electron chi connectivity index (χ0n) is 23.9. The summed E-state index contributed by atoms with van der Waals surface area (Å²) in [6.07, 6.45) is 15.9. The quantitative estimate of drug-likeness (QED) is 0.433. The molecule has 0 amide bonds. The van der Waals surface area contributed by atoms with E-state index in [0.717, 1.165) is 38.5 Å². The molecule has 0 saturated heterocycles. The molecule has 2 aromatic rings. The number of benzene rings is 2. The molecule has 1 unspecified atom stereocenters. The first-order valence-electron chi connectivity index (χ1n) is 15.1. The van der Waals surface area contributed by atoms with Crippen LogP contribution in [-0.4, -0.2) is 23.1 Å². The van der Waals surface area contributed by atoms with E-state index >= 15 is 0 Å². The maximum absolute atomic E-state index is 11.6. The van der Waals surface area contributed by atoms with Crippen molar-refractivity contribution in [2.75, 3.05) is 0 Å². The maximum Gasteiger partial charge on any atom is 0.155 e. The van der Waals surface area contributed by atoms with Gasteiger partial charge in [0.05, 0.1) is 0 Å². The standard InChI is InChI=1S/2C18H20O2/c2*1-2-16-17(12-3-6-14(19)7-4-12)9-5-13-11-15(20)8-10-18(13)16/h3,5,9H,2,4,6-8,10-11H2,1H3;3,5-6,9,12H,2,4,7-8,10-11H2,1H3. The Labute approximate surface area is 237 Å². The van der Waals surface area contributed by atoms with E-state index in [-0.39, 0.29) is 5.78 Å². The largest absolute Gasteiger partial charge is 0.299 e. The number of Topliss-reactive ketones (excluding diaryl/α,β-unsaturated/α-hetero) is 3. The zero-order valence-corrected chi connectivity index (χ0v) is 23.9. The third-order valence-electron chi connectivity index (χ3n) is 9.09. The lowest BCUT2D eigenvalue weighted by atomic mass is 9.79. The minimum atomic E-state index is 0.239. The van der Waals surface area contributed by atoms with Gasteiger partial charge in [0.25, 0.3) is 0 Å². The lowest BCUT2D eigenvalue weighted by Crippen LogP contribution is -2.17. The Bertz CT molecular complexity index is 1420. The summed E-state index contributed by atoms with van der Waals surface area (Å²) < 4.78 is 0. The van der Waals surface area contributed by atoms with E-state index in [1.807, 2.05) is 0 Å². The molecule has 0 N–H and O–H groups in total. The van der Waals surface area contributed by atoms with Gasteiger partial charge in [0.15, 0.2) is 5.78 Å². The van der Waals surface area contributed by atoms with Crippen LogP contribution in [0, 0.1) is 0 Å². The molecule has 0 radical (unpaired) electrons. The van der Waals surface area contributed by atoms with Crippen molar-refractivity contribution in [3.05, 3.63) is 87.0 Å². The van der Waals surface area contributed by atoms with Crippen LogP contribution in [0.15, 0.2) is 42.5 Å². The van der Waals surface area contributed by atoms with Gasteiger partial charge in [0.1, 0.15) is 17.3 Å². The van der Waals surface area contributed by atoms with E-state index in [9.17, 15) is 19.2 Å². The van der Waals surface area contributed by atoms with Gasteiger partial charge in [0.2, 0.25) is 0 Å². The zero-order chi connectivity index (χ0) is 28.2. The molecule has 0 heterocycles. The van der Waals surface area contributed by atoms with Crippen LogP contribution < -0.4 is 0 Å². The molecule has 4 heteroatoms. The van der Waals surface area contributed by atoms with E-state index in [1.165, 1.54) is 50.1 Å². The van der Waals surface area contributed by atoms with Gasteiger partial charge in [-0.1, -0.05) is 50.3 Å². The van der Waals surface area contributed by atoms with Crippen molar-refractivity contribution in [3.8, 4) is 0 Å². The molecule has 1 atom stereocenters. The summed E-state index contributed by atoms with van der Waals surface area (Å²) in [6, 6.07) is 8.60. The molecule has 0 aliphatic heterocycles. The van der Waals surface area contributed by atoms with E-state index in [4.69, 9.17) is 0 Å². The number of hydrogen-bond acceptors (Lipinski definition) is 4. The fourth-order valence-corrected chi connectivity index (χ4v) is 6.98. The van der Waals surface area contributed by atoms with Crippen molar-refractivity contribution in [1.82, 2.24) is 0 Å². The first kappa shape index (κ1) is 28.1. The van der Waals surface area contributed by atoms with Crippen molar-refractivity contribution in [2.24, 2.45) is 0 Å². The molecule has 0 bridgehead atoms. The number of carbonyl (C=O) groups is 4. The molecule has 208 valence electrons. The fraction of sp³-hybridized carbons (Fsp3) is 0.444. The van der Waals surface area contributed by atoms with Crippen molar-refractivity contribution in [3.63, 3.8) is 0 Å². The summed E-state index contributed by atoms with van der Waals surface area (Å²) in [6.45, 7) is 4.37. The molecule has 4 aliphatic rings. The highest BCUT2D eigenvalue weighted by Gasteiger charge is 2.24. The number of rotatable bonds is 4. The van der Waals surface area contributed by atoms with Crippen molar-refractivity contribution in [2.45, 2.75) is 103 Å². The Balaban J connectivity index is 0.000000161. The third kappa shape index (κ3) is 6.01. The number of hydrogen-bond donors (Lipinski definition) is 0. The molecule has 6 rings (SSSR count). The molecule has 0 spiro atoms. The van der Waals surface area contributed by atoms with Gasteiger partial charge in [-0.3, -0.25) is 19.2 Å². The Kier molecular flexibility index (Phi) is 8.73. The molecule has 40 heavy (non-hydrogen) atoms. The average Bonchev–Trinajstić information content (AvgIpc) is 2.97. The van der Waals surface area contributed by atoms with Crippen LogP contribution in [0.4, 0.5) is 0 Å². The van der Waals surface area contributed by atoms with Gasteiger partial charge in [-0.05, 0) is 94.7 Å². The van der Waals surface area contributed by atoms with Crippen molar-refractivity contribution >= 4 is 28.7 Å². The Morgan fingerprint density at radius 3 is 1.88 bits per heavy atom. The predicted molar refractivity (Wildman–Crippen MR) is 159 cm³/mol. The summed E-state index contributed by atoms with van der Waals surface area (Å²) in [5.74, 6) is 1.66. The first-order valence-corrected chi connectivity index (χ1v) is 15.1. The summed E-state index contributed by atoms with van der Waals surface area (Å²) in [7, 11) is 0. The Hall–Kier alpha value is -3.40. The van der Waals surface area contributed by atoms with Gasteiger partial charge < -0.3 is 0 Å². The number of carbonyl (C=O) groups excluding carboxylic acids is 4. The highest BCUT2D eigenvalue weighted by molar-refractivity contribution is 5.91. The molecular weight excluding hydrogens is 496 g/mol. The van der Waals surface area contributed by atoms with Gasteiger partial charge in [-0.2, -0.15) is 0 Å². The number of allylic oxidation sites excluding steroid dienone is 4. The van der Waals surface area contributed by atoms with E-state index < -0.39 is 0 Å². The summed E-state index contributed by atoms with van der Waals surface area (Å²) in [4.78, 5) is 45.9. The second kappa shape index (κ2) is 12.4. The monoisotopic (exact) mass is 536 g/mol. The minimum Gasteiger partial charge on any atom is -0.299 e. The molecule has 0 aromatic heterocycles. The van der Waals surface area contributed by atoms with Crippen LogP contribution in [0.3, 0.4) is 0 Å². The van der Waals surface area contributed by atoms with Gasteiger partial charge in [0, 0.05) is 50.9 Å². The van der Waals surface area contributed by atoms with Crippen molar-refractivity contribution < 1.29 is 19.2 Å². The Morgan fingerprint density at radius 2 is 1.30 bits per heavy atom. The second-order valence-corrected chi connectivity index (χ2v) is 11.6. The second-order valence-electron chi connectivity index (χ2n) is 11.6. The van der Waals surface area contributed by atoms with Crippen LogP contribution >= 0.6 is 0 Å². The minimum absolute atomic E-state index is 0.239. The van der Waals surface area contributed by atoms with Crippen molar-refractivity contribution in [1.29, 1.82) is 0 Å². The Morgan fingerprint density at radius 1 is 0.675 bits per heavy atom. The van der Waals surface area contributed by atoms with Crippen LogP contribution in [0.5, 0.6) is 0 Å². The lowest BCUT2D eigenvalue weighted by Gasteiger charge is -2.25.